The van der Waals surface area contributed by atoms with Crippen LogP contribution in [0.25, 0.3) is 0 Å². The Hall–Kier alpha value is -1.03. The molecule has 0 saturated heterocycles. The molecule has 0 aliphatic carbocycles. The van der Waals surface area contributed by atoms with Crippen LogP contribution >= 0.6 is 23.2 Å². The van der Waals surface area contributed by atoms with Crippen LogP contribution in [-0.2, 0) is 0 Å². The topological polar surface area (TPSA) is 40.7 Å². The van der Waals surface area contributed by atoms with Gasteiger partial charge in [-0.15, -0.1) is 0 Å². The second-order valence-corrected chi connectivity index (χ2v) is 5.11. The van der Waals surface area contributed by atoms with Crippen LogP contribution in [0.15, 0.2) is 30.5 Å². The highest BCUT2D eigenvalue weighted by atomic mass is 35.5. The quantitative estimate of drug-likeness (QED) is 0.886. The van der Waals surface area contributed by atoms with Gasteiger partial charge >= 0.3 is 0 Å². The van der Waals surface area contributed by atoms with Crippen LogP contribution in [0, 0.1) is 0 Å². The highest BCUT2D eigenvalue weighted by Crippen LogP contribution is 2.26. The van der Waals surface area contributed by atoms with Crippen LogP contribution in [0.5, 0.6) is 0 Å². The first-order chi connectivity index (χ1) is 8.58. The van der Waals surface area contributed by atoms with E-state index in [1.165, 1.54) is 0 Å². The predicted molar refractivity (Wildman–Crippen MR) is 75.0 cm³/mol. The Bertz CT molecular complexity index is 511. The minimum Gasteiger partial charge on any atom is -0.302 e. The molecular weight excluding hydrogens is 269 g/mol. The summed E-state index contributed by atoms with van der Waals surface area (Å²) in [4.78, 5) is 0. The van der Waals surface area contributed by atoms with Crippen LogP contribution < -0.4 is 5.32 Å². The van der Waals surface area contributed by atoms with E-state index in [1.54, 1.807) is 6.20 Å². The molecule has 0 fully saturated rings. The SMILES string of the molecule is CC(NC(C)c1ccn[nH]1)c1ccc(Cl)c(Cl)c1. The summed E-state index contributed by atoms with van der Waals surface area (Å²) in [5.41, 5.74) is 2.16. The summed E-state index contributed by atoms with van der Waals surface area (Å²) in [6, 6.07) is 8.01. The van der Waals surface area contributed by atoms with Crippen LogP contribution in [0.3, 0.4) is 0 Å². The van der Waals surface area contributed by atoms with Crippen molar-refractivity contribution in [3.8, 4) is 0 Å². The number of rotatable bonds is 4. The van der Waals surface area contributed by atoms with Crippen molar-refractivity contribution in [2.45, 2.75) is 25.9 Å². The van der Waals surface area contributed by atoms with Crippen molar-refractivity contribution in [1.82, 2.24) is 15.5 Å². The molecule has 2 rings (SSSR count). The fourth-order valence-corrected chi connectivity index (χ4v) is 2.16. The second kappa shape index (κ2) is 5.74. The number of H-pyrrole nitrogens is 1. The lowest BCUT2D eigenvalue weighted by atomic mass is 10.1. The van der Waals surface area contributed by atoms with Gasteiger partial charge in [0.1, 0.15) is 0 Å². The molecule has 0 spiro atoms. The first kappa shape index (κ1) is 13.4. The molecule has 1 aromatic carbocycles. The Morgan fingerprint density at radius 2 is 1.89 bits per heavy atom. The summed E-state index contributed by atoms with van der Waals surface area (Å²) in [6.45, 7) is 4.17. The fraction of sp³-hybridized carbons (Fsp3) is 0.308. The average molecular weight is 284 g/mol. The molecular formula is C13H15Cl2N3. The van der Waals surface area contributed by atoms with Gasteiger partial charge in [0.15, 0.2) is 0 Å². The molecule has 1 aromatic heterocycles. The van der Waals surface area contributed by atoms with E-state index in [9.17, 15) is 0 Å². The van der Waals surface area contributed by atoms with E-state index in [0.29, 0.717) is 10.0 Å². The molecule has 0 bridgehead atoms. The van der Waals surface area contributed by atoms with Crippen LogP contribution in [0.4, 0.5) is 0 Å². The van der Waals surface area contributed by atoms with Gasteiger partial charge in [-0.25, -0.2) is 0 Å². The molecule has 1 heterocycles. The van der Waals surface area contributed by atoms with E-state index in [1.807, 2.05) is 24.3 Å². The number of hydrogen-bond donors (Lipinski definition) is 2. The van der Waals surface area contributed by atoms with Gasteiger partial charge in [-0.05, 0) is 37.6 Å². The Morgan fingerprint density at radius 1 is 1.11 bits per heavy atom. The third kappa shape index (κ3) is 3.05. The molecule has 18 heavy (non-hydrogen) atoms. The molecule has 2 N–H and O–H groups in total. The molecule has 5 heteroatoms. The van der Waals surface area contributed by atoms with Gasteiger partial charge in [0.05, 0.1) is 15.7 Å². The van der Waals surface area contributed by atoms with E-state index >= 15 is 0 Å². The van der Waals surface area contributed by atoms with Crippen molar-refractivity contribution in [3.63, 3.8) is 0 Å². The van der Waals surface area contributed by atoms with Gasteiger partial charge in [0.2, 0.25) is 0 Å². The van der Waals surface area contributed by atoms with Crippen LogP contribution in [0.2, 0.25) is 10.0 Å². The zero-order valence-electron chi connectivity index (χ0n) is 10.2. The standard InChI is InChI=1S/C13H15Cl2N3/c1-8(10-3-4-11(14)12(15)7-10)17-9(2)13-5-6-16-18-13/h3-9,17H,1-2H3,(H,16,18). The van der Waals surface area contributed by atoms with Crippen molar-refractivity contribution >= 4 is 23.2 Å². The number of nitrogens with one attached hydrogen (secondary N) is 2. The Morgan fingerprint density at radius 3 is 2.50 bits per heavy atom. The van der Waals surface area contributed by atoms with Crippen LogP contribution in [-0.4, -0.2) is 10.2 Å². The van der Waals surface area contributed by atoms with E-state index in [2.05, 4.69) is 29.4 Å². The van der Waals surface area contributed by atoms with Gasteiger partial charge in [-0.2, -0.15) is 5.10 Å². The van der Waals surface area contributed by atoms with Gasteiger partial charge in [-0.3, -0.25) is 5.10 Å². The van der Waals surface area contributed by atoms with Crippen molar-refractivity contribution in [2.24, 2.45) is 0 Å². The molecule has 0 amide bonds. The van der Waals surface area contributed by atoms with Gasteiger partial charge in [-0.1, -0.05) is 29.3 Å². The molecule has 0 radical (unpaired) electrons. The van der Waals surface area contributed by atoms with E-state index in [-0.39, 0.29) is 12.1 Å². The van der Waals surface area contributed by atoms with E-state index in [4.69, 9.17) is 23.2 Å². The predicted octanol–water partition coefficient (Wildman–Crippen LogP) is 4.13. The maximum absolute atomic E-state index is 6.02. The summed E-state index contributed by atoms with van der Waals surface area (Å²) in [5.74, 6) is 0. The molecule has 2 aromatic rings. The smallest absolute Gasteiger partial charge is 0.0595 e. The van der Waals surface area contributed by atoms with Crippen molar-refractivity contribution in [3.05, 3.63) is 51.8 Å². The Kier molecular flexibility index (Phi) is 4.27. The first-order valence-electron chi connectivity index (χ1n) is 5.78. The van der Waals surface area contributed by atoms with Crippen molar-refractivity contribution in [1.29, 1.82) is 0 Å². The number of nitrogens with zero attached hydrogens (tertiary/aromatic N) is 1. The highest BCUT2D eigenvalue weighted by Gasteiger charge is 2.12. The van der Waals surface area contributed by atoms with E-state index in [0.717, 1.165) is 11.3 Å². The third-order valence-electron chi connectivity index (χ3n) is 2.93. The van der Waals surface area contributed by atoms with Crippen molar-refractivity contribution in [2.75, 3.05) is 0 Å². The number of aromatic nitrogens is 2. The summed E-state index contributed by atoms with van der Waals surface area (Å²) in [6.07, 6.45) is 1.75. The second-order valence-electron chi connectivity index (χ2n) is 4.30. The Labute approximate surface area is 117 Å². The number of aromatic amines is 1. The van der Waals surface area contributed by atoms with E-state index < -0.39 is 0 Å². The zero-order chi connectivity index (χ0) is 13.1. The monoisotopic (exact) mass is 283 g/mol. The Balaban J connectivity index is 2.07. The lowest BCUT2D eigenvalue weighted by molar-refractivity contribution is 0.486. The molecule has 0 aliphatic rings. The fourth-order valence-electron chi connectivity index (χ4n) is 1.85. The molecule has 2 unspecified atom stereocenters. The summed E-state index contributed by atoms with van der Waals surface area (Å²) >= 11 is 11.9. The normalized spacial score (nSPS) is 14.4. The first-order valence-corrected chi connectivity index (χ1v) is 6.54. The molecule has 96 valence electrons. The van der Waals surface area contributed by atoms with Crippen molar-refractivity contribution < 1.29 is 0 Å². The minimum atomic E-state index is 0.179. The molecule has 3 nitrogen and oxygen atoms in total. The summed E-state index contributed by atoms with van der Waals surface area (Å²) in [7, 11) is 0. The minimum absolute atomic E-state index is 0.179. The zero-order valence-corrected chi connectivity index (χ0v) is 11.8. The van der Waals surface area contributed by atoms with Gasteiger partial charge < -0.3 is 5.32 Å². The van der Waals surface area contributed by atoms with Crippen LogP contribution in [0.1, 0.15) is 37.2 Å². The molecule has 0 aliphatic heterocycles. The maximum atomic E-state index is 6.02. The van der Waals surface area contributed by atoms with Gasteiger partial charge in [0.25, 0.3) is 0 Å². The third-order valence-corrected chi connectivity index (χ3v) is 3.67. The lowest BCUT2D eigenvalue weighted by Gasteiger charge is -2.19. The molecule has 2 atom stereocenters. The number of halogens is 2. The van der Waals surface area contributed by atoms with Gasteiger partial charge in [0, 0.05) is 18.3 Å². The average Bonchev–Trinajstić information content (AvgIpc) is 2.86. The maximum Gasteiger partial charge on any atom is 0.0595 e. The summed E-state index contributed by atoms with van der Waals surface area (Å²) < 4.78 is 0. The summed E-state index contributed by atoms with van der Waals surface area (Å²) in [5, 5.41) is 11.5. The number of benzene rings is 1. The largest absolute Gasteiger partial charge is 0.302 e. The molecule has 0 saturated carbocycles. The highest BCUT2D eigenvalue weighted by molar-refractivity contribution is 6.42. The lowest BCUT2D eigenvalue weighted by Crippen LogP contribution is -2.22. The number of hydrogen-bond acceptors (Lipinski definition) is 2.